The zero-order valence-corrected chi connectivity index (χ0v) is 19.2. The topological polar surface area (TPSA) is 128 Å². The van der Waals surface area contributed by atoms with Crippen LogP contribution in [0.15, 0.2) is 28.0 Å². The summed E-state index contributed by atoms with van der Waals surface area (Å²) in [5.41, 5.74) is 5.30. The number of amides is 2. The van der Waals surface area contributed by atoms with Crippen LogP contribution < -0.4 is 10.9 Å². The lowest BCUT2D eigenvalue weighted by atomic mass is 10.4. The second-order valence-electron chi connectivity index (χ2n) is 6.13. The Bertz CT molecular complexity index is 1050. The Morgan fingerprint density at radius 2 is 2.00 bits per heavy atom. The normalized spacial score (nSPS) is 10.6. The maximum Gasteiger partial charge on any atom is 0.316 e. The minimum Gasteiger partial charge on any atom is -0.455 e. The third kappa shape index (κ3) is 6.60. The van der Waals surface area contributed by atoms with Crippen LogP contribution in [-0.4, -0.2) is 49.9 Å². The van der Waals surface area contributed by atoms with Crippen molar-refractivity contribution in [1.29, 1.82) is 0 Å². The van der Waals surface area contributed by atoms with Crippen molar-refractivity contribution in [3.63, 3.8) is 0 Å². The number of thioether (sulfide) groups is 1. The molecule has 3 aromatic heterocycles. The van der Waals surface area contributed by atoms with Gasteiger partial charge in [-0.3, -0.25) is 25.2 Å². The molecule has 0 aromatic carbocycles. The third-order valence-corrected chi connectivity index (χ3v) is 6.55. The highest BCUT2D eigenvalue weighted by atomic mass is 32.2. The van der Waals surface area contributed by atoms with E-state index in [1.54, 1.807) is 11.3 Å². The quantitative estimate of drug-likeness (QED) is 0.270. The van der Waals surface area contributed by atoms with Crippen molar-refractivity contribution < 1.29 is 19.1 Å². The van der Waals surface area contributed by atoms with Crippen LogP contribution in [0.25, 0.3) is 10.7 Å². The number of ether oxygens (including phenoxy) is 1. The average molecular weight is 481 g/mol. The van der Waals surface area contributed by atoms with E-state index in [-0.39, 0.29) is 12.2 Å². The van der Waals surface area contributed by atoms with Gasteiger partial charge in [-0.2, -0.15) is 0 Å². The van der Waals surface area contributed by atoms with E-state index in [0.29, 0.717) is 16.7 Å². The summed E-state index contributed by atoms with van der Waals surface area (Å²) in [5, 5.41) is 13.4. The predicted molar refractivity (Wildman–Crippen MR) is 118 cm³/mol. The Hall–Kier alpha value is -2.77. The summed E-state index contributed by atoms with van der Waals surface area (Å²) in [7, 11) is 0. The molecule has 0 spiro atoms. The lowest BCUT2D eigenvalue weighted by molar-refractivity contribution is -0.146. The number of carbonyl (C=O) groups is 3. The highest BCUT2D eigenvalue weighted by molar-refractivity contribution is 7.99. The highest BCUT2D eigenvalue weighted by Gasteiger charge is 2.16. The fraction of sp³-hybridized carbons (Fsp3) is 0.333. The van der Waals surface area contributed by atoms with Crippen LogP contribution in [0.2, 0.25) is 0 Å². The molecule has 31 heavy (non-hydrogen) atoms. The van der Waals surface area contributed by atoms with Crippen molar-refractivity contribution in [2.24, 2.45) is 0 Å². The molecule has 0 aliphatic carbocycles. The molecular weight excluding hydrogens is 460 g/mol. The second kappa shape index (κ2) is 11.0. The molecule has 0 saturated carbocycles. The Kier molecular flexibility index (Phi) is 8.14. The molecule has 3 rings (SSSR count). The van der Waals surface area contributed by atoms with E-state index in [9.17, 15) is 14.4 Å². The minimum absolute atomic E-state index is 0.0222. The number of nitrogens with one attached hydrogen (secondary N) is 2. The summed E-state index contributed by atoms with van der Waals surface area (Å²) in [6, 6.07) is 3.89. The van der Waals surface area contributed by atoms with Crippen LogP contribution in [0.4, 0.5) is 0 Å². The molecular formula is C18H20N6O4S3. The number of aryl methyl sites for hydroxylation is 1. The van der Waals surface area contributed by atoms with Gasteiger partial charge in [0.15, 0.2) is 17.6 Å². The van der Waals surface area contributed by atoms with E-state index in [4.69, 9.17) is 4.74 Å². The number of hydrogen-bond acceptors (Lipinski definition) is 10. The predicted octanol–water partition coefficient (Wildman–Crippen LogP) is 1.82. The van der Waals surface area contributed by atoms with Crippen molar-refractivity contribution in [3.05, 3.63) is 33.6 Å². The smallest absolute Gasteiger partial charge is 0.316 e. The van der Waals surface area contributed by atoms with E-state index in [1.165, 1.54) is 23.1 Å². The SMILES string of the molecule is CCn1c(SCC(=O)OCC(=O)NNC(=O)Cc2nc(C)cs2)nnc1-c1cccs1. The number of carbonyl (C=O) groups excluding carboxylic acids is 3. The molecule has 0 saturated heterocycles. The van der Waals surface area contributed by atoms with Gasteiger partial charge in [-0.1, -0.05) is 17.8 Å². The number of thiazole rings is 1. The summed E-state index contributed by atoms with van der Waals surface area (Å²) in [5.74, 6) is -0.903. The number of nitrogens with zero attached hydrogens (tertiary/aromatic N) is 4. The van der Waals surface area contributed by atoms with Gasteiger partial charge in [0.1, 0.15) is 5.01 Å². The first-order chi connectivity index (χ1) is 15.0. The summed E-state index contributed by atoms with van der Waals surface area (Å²) in [6.45, 7) is 3.95. The summed E-state index contributed by atoms with van der Waals surface area (Å²) in [6.07, 6.45) is 0.0563. The molecule has 0 atom stereocenters. The Labute approximate surface area is 190 Å². The molecule has 0 aliphatic rings. The molecule has 164 valence electrons. The van der Waals surface area contributed by atoms with Gasteiger partial charge in [0.05, 0.1) is 17.1 Å². The molecule has 10 nitrogen and oxygen atoms in total. The fourth-order valence-electron chi connectivity index (χ4n) is 2.42. The first kappa shape index (κ1) is 22.9. The third-order valence-electron chi connectivity index (χ3n) is 3.78. The van der Waals surface area contributed by atoms with Crippen molar-refractivity contribution in [1.82, 2.24) is 30.6 Å². The van der Waals surface area contributed by atoms with E-state index < -0.39 is 24.4 Å². The molecule has 2 amide bonds. The maximum atomic E-state index is 12.0. The molecule has 0 unspecified atom stereocenters. The second-order valence-corrected chi connectivity index (χ2v) is 8.97. The first-order valence-corrected chi connectivity index (χ1v) is 11.9. The van der Waals surface area contributed by atoms with Crippen molar-refractivity contribution in [3.8, 4) is 10.7 Å². The molecule has 0 aliphatic heterocycles. The Morgan fingerprint density at radius 1 is 1.19 bits per heavy atom. The van der Waals surface area contributed by atoms with Gasteiger partial charge in [0, 0.05) is 17.6 Å². The van der Waals surface area contributed by atoms with Gasteiger partial charge in [0.25, 0.3) is 5.91 Å². The average Bonchev–Trinajstić information content (AvgIpc) is 3.49. The zero-order valence-electron chi connectivity index (χ0n) is 16.8. The van der Waals surface area contributed by atoms with E-state index in [0.717, 1.165) is 16.4 Å². The van der Waals surface area contributed by atoms with Crippen LogP contribution in [-0.2, 0) is 32.1 Å². The summed E-state index contributed by atoms with van der Waals surface area (Å²) < 4.78 is 6.86. The van der Waals surface area contributed by atoms with Crippen LogP contribution >= 0.6 is 34.4 Å². The minimum atomic E-state index is -0.640. The van der Waals surface area contributed by atoms with Gasteiger partial charge in [0.2, 0.25) is 5.91 Å². The van der Waals surface area contributed by atoms with Crippen LogP contribution in [0.5, 0.6) is 0 Å². The summed E-state index contributed by atoms with van der Waals surface area (Å²) in [4.78, 5) is 40.7. The van der Waals surface area contributed by atoms with Gasteiger partial charge < -0.3 is 9.30 Å². The van der Waals surface area contributed by atoms with Crippen LogP contribution in [0.1, 0.15) is 17.6 Å². The van der Waals surface area contributed by atoms with Gasteiger partial charge in [-0.25, -0.2) is 4.98 Å². The monoisotopic (exact) mass is 480 g/mol. The number of hydrogen-bond donors (Lipinski definition) is 2. The van der Waals surface area contributed by atoms with Gasteiger partial charge >= 0.3 is 5.97 Å². The first-order valence-electron chi connectivity index (χ1n) is 9.20. The Balaban J connectivity index is 1.38. The molecule has 3 aromatic rings. The standard InChI is InChI=1S/C18H20N6O4S3/c1-3-24-17(12-5-4-6-29-12)22-23-18(24)31-10-16(27)28-8-14(26)21-20-13(25)7-15-19-11(2)9-30-15/h4-6,9H,3,7-8,10H2,1-2H3,(H,20,25)(H,21,26). The van der Waals surface area contributed by atoms with Gasteiger partial charge in [-0.15, -0.1) is 32.9 Å². The zero-order chi connectivity index (χ0) is 22.2. The van der Waals surface area contributed by atoms with Crippen molar-refractivity contribution in [2.45, 2.75) is 32.0 Å². The number of rotatable bonds is 9. The fourth-order valence-corrected chi connectivity index (χ4v) is 4.71. The van der Waals surface area contributed by atoms with Crippen molar-refractivity contribution in [2.75, 3.05) is 12.4 Å². The molecule has 3 heterocycles. The molecule has 0 bridgehead atoms. The van der Waals surface area contributed by atoms with E-state index in [1.807, 2.05) is 41.3 Å². The Morgan fingerprint density at radius 3 is 2.68 bits per heavy atom. The highest BCUT2D eigenvalue weighted by Crippen LogP contribution is 2.27. The molecule has 2 N–H and O–H groups in total. The number of thiophene rings is 1. The lowest BCUT2D eigenvalue weighted by Crippen LogP contribution is -2.44. The maximum absolute atomic E-state index is 12.0. The van der Waals surface area contributed by atoms with Crippen LogP contribution in [0.3, 0.4) is 0 Å². The molecule has 0 radical (unpaired) electrons. The van der Waals surface area contributed by atoms with E-state index >= 15 is 0 Å². The molecule has 13 heteroatoms. The lowest BCUT2D eigenvalue weighted by Gasteiger charge is -2.08. The van der Waals surface area contributed by atoms with Gasteiger partial charge in [-0.05, 0) is 25.3 Å². The molecule has 0 fully saturated rings. The largest absolute Gasteiger partial charge is 0.455 e. The summed E-state index contributed by atoms with van der Waals surface area (Å²) >= 11 is 4.11. The van der Waals surface area contributed by atoms with Crippen molar-refractivity contribution >= 4 is 52.2 Å². The number of hydrazine groups is 1. The van der Waals surface area contributed by atoms with E-state index in [2.05, 4.69) is 26.0 Å². The number of aromatic nitrogens is 4. The number of esters is 1. The van der Waals surface area contributed by atoms with Crippen LogP contribution in [0, 0.1) is 6.92 Å².